The highest BCUT2D eigenvalue weighted by Crippen LogP contribution is 2.27. The lowest BCUT2D eigenvalue weighted by Crippen LogP contribution is -2.49. The first-order valence-corrected chi connectivity index (χ1v) is 11.7. The molecule has 2 aliphatic heterocycles. The number of hydrogen-bond acceptors (Lipinski definition) is 5. The largest absolute Gasteiger partial charge is 0.497 e. The number of nitrogens with one attached hydrogen (secondary N) is 2. The summed E-state index contributed by atoms with van der Waals surface area (Å²) in [5.74, 6) is 1.09. The van der Waals surface area contributed by atoms with Crippen LogP contribution in [-0.2, 0) is 11.3 Å². The van der Waals surface area contributed by atoms with E-state index in [0.717, 1.165) is 37.1 Å². The lowest BCUT2D eigenvalue weighted by Gasteiger charge is -2.35. The number of likely N-dealkylation sites (N-methyl/N-ethyl adjacent to an activating group) is 1. The Morgan fingerprint density at radius 1 is 1.12 bits per heavy atom. The molecule has 2 aromatic carbocycles. The van der Waals surface area contributed by atoms with Crippen LogP contribution in [0.5, 0.6) is 5.75 Å². The third kappa shape index (κ3) is 5.31. The second kappa shape index (κ2) is 10.5. The van der Waals surface area contributed by atoms with Crippen molar-refractivity contribution in [1.82, 2.24) is 20.7 Å². The Bertz CT molecular complexity index is 890. The lowest BCUT2D eigenvalue weighted by atomic mass is 9.96. The minimum atomic E-state index is 0.251. The molecule has 0 bridgehead atoms. The molecule has 2 N–H and O–H groups in total. The van der Waals surface area contributed by atoms with Crippen LogP contribution < -0.4 is 15.6 Å². The minimum absolute atomic E-state index is 0.251. The van der Waals surface area contributed by atoms with E-state index in [-0.39, 0.29) is 5.91 Å². The van der Waals surface area contributed by atoms with E-state index >= 15 is 0 Å². The highest BCUT2D eigenvalue weighted by Gasteiger charge is 2.34. The van der Waals surface area contributed by atoms with E-state index in [9.17, 15) is 4.79 Å². The van der Waals surface area contributed by atoms with Crippen LogP contribution in [0.2, 0.25) is 0 Å². The lowest BCUT2D eigenvalue weighted by molar-refractivity contribution is -0.131. The van der Waals surface area contributed by atoms with Gasteiger partial charge in [0.05, 0.1) is 7.11 Å². The Balaban J connectivity index is 1.33. The van der Waals surface area contributed by atoms with Gasteiger partial charge in [-0.15, -0.1) is 0 Å². The first-order valence-electron chi connectivity index (χ1n) is 11.7. The fraction of sp³-hybridized carbons (Fsp3) is 0.500. The number of hydrazine groups is 1. The van der Waals surface area contributed by atoms with Crippen LogP contribution in [0.3, 0.4) is 0 Å². The molecule has 172 valence electrons. The molecule has 6 nitrogen and oxygen atoms in total. The number of amides is 1. The number of benzene rings is 2. The average molecular weight is 437 g/mol. The van der Waals surface area contributed by atoms with Crippen LogP contribution in [-0.4, -0.2) is 54.5 Å². The predicted molar refractivity (Wildman–Crippen MR) is 127 cm³/mol. The number of nitrogens with zero attached hydrogens (tertiary/aromatic N) is 2. The number of likely N-dealkylation sites (tertiary alicyclic amines) is 1. The zero-order chi connectivity index (χ0) is 22.5. The molecule has 2 saturated heterocycles. The number of hydrogen-bond donors (Lipinski definition) is 2. The van der Waals surface area contributed by atoms with Crippen molar-refractivity contribution in [3.05, 3.63) is 65.7 Å². The second-order valence-corrected chi connectivity index (χ2v) is 9.15. The van der Waals surface area contributed by atoms with E-state index in [1.165, 1.54) is 5.56 Å². The summed E-state index contributed by atoms with van der Waals surface area (Å²) in [6.45, 7) is 3.74. The van der Waals surface area contributed by atoms with Gasteiger partial charge in [0, 0.05) is 43.7 Å². The average Bonchev–Trinajstić information content (AvgIpc) is 3.26. The van der Waals surface area contributed by atoms with Crippen molar-refractivity contribution in [2.75, 3.05) is 20.7 Å². The summed E-state index contributed by atoms with van der Waals surface area (Å²) < 4.78 is 5.33. The maximum atomic E-state index is 12.8. The van der Waals surface area contributed by atoms with Crippen LogP contribution in [0.1, 0.15) is 49.8 Å². The molecule has 2 fully saturated rings. The van der Waals surface area contributed by atoms with Gasteiger partial charge in [-0.1, -0.05) is 42.5 Å². The summed E-state index contributed by atoms with van der Waals surface area (Å²) in [5, 5.41) is 0. The fourth-order valence-corrected chi connectivity index (χ4v) is 5.01. The molecule has 2 heterocycles. The van der Waals surface area contributed by atoms with Gasteiger partial charge in [0.2, 0.25) is 5.91 Å². The van der Waals surface area contributed by atoms with Gasteiger partial charge >= 0.3 is 0 Å². The molecule has 4 atom stereocenters. The number of rotatable bonds is 7. The smallest absolute Gasteiger partial charge is 0.222 e. The number of ether oxygens (including phenoxy) is 1. The van der Waals surface area contributed by atoms with E-state index in [4.69, 9.17) is 4.74 Å². The van der Waals surface area contributed by atoms with Crippen molar-refractivity contribution in [1.29, 1.82) is 0 Å². The summed E-state index contributed by atoms with van der Waals surface area (Å²) in [6.07, 6.45) is 3.58. The van der Waals surface area contributed by atoms with E-state index in [1.807, 2.05) is 23.1 Å². The minimum Gasteiger partial charge on any atom is -0.497 e. The van der Waals surface area contributed by atoms with Gasteiger partial charge in [0.15, 0.2) is 0 Å². The summed E-state index contributed by atoms with van der Waals surface area (Å²) >= 11 is 0. The summed E-state index contributed by atoms with van der Waals surface area (Å²) in [6, 6.07) is 20.1. The van der Waals surface area contributed by atoms with Gasteiger partial charge in [-0.25, -0.2) is 5.43 Å². The van der Waals surface area contributed by atoms with E-state index in [0.29, 0.717) is 37.1 Å². The molecular weight excluding hydrogens is 400 g/mol. The van der Waals surface area contributed by atoms with Crippen LogP contribution in [0.4, 0.5) is 0 Å². The molecule has 2 aromatic rings. The highest BCUT2D eigenvalue weighted by atomic mass is 16.5. The summed E-state index contributed by atoms with van der Waals surface area (Å²) in [4.78, 5) is 17.3. The van der Waals surface area contributed by atoms with Crippen molar-refractivity contribution < 1.29 is 9.53 Å². The van der Waals surface area contributed by atoms with Crippen molar-refractivity contribution >= 4 is 5.91 Å². The molecule has 0 spiro atoms. The predicted octanol–water partition coefficient (Wildman–Crippen LogP) is 3.50. The fourth-order valence-electron chi connectivity index (χ4n) is 5.01. The molecule has 0 radical (unpaired) electrons. The van der Waals surface area contributed by atoms with E-state index < -0.39 is 0 Å². The van der Waals surface area contributed by atoms with Crippen molar-refractivity contribution in [3.63, 3.8) is 0 Å². The molecule has 1 amide bonds. The number of carbonyl (C=O) groups is 1. The number of methoxy groups -OCH3 is 1. The topological polar surface area (TPSA) is 56.8 Å². The molecule has 0 aliphatic carbocycles. The van der Waals surface area contributed by atoms with E-state index in [2.05, 4.69) is 66.1 Å². The van der Waals surface area contributed by atoms with Gasteiger partial charge in [-0.2, -0.15) is 0 Å². The Hall–Kier alpha value is -2.41. The van der Waals surface area contributed by atoms with Crippen molar-refractivity contribution in [2.45, 2.75) is 63.3 Å². The molecule has 32 heavy (non-hydrogen) atoms. The molecular formula is C26H36N4O2. The van der Waals surface area contributed by atoms with Crippen LogP contribution in [0.15, 0.2) is 54.6 Å². The second-order valence-electron chi connectivity index (χ2n) is 9.15. The molecule has 0 saturated carbocycles. The molecule has 6 heteroatoms. The van der Waals surface area contributed by atoms with Gasteiger partial charge in [0.25, 0.3) is 0 Å². The quantitative estimate of drug-likeness (QED) is 0.696. The Morgan fingerprint density at radius 2 is 1.94 bits per heavy atom. The Kier molecular flexibility index (Phi) is 7.45. The van der Waals surface area contributed by atoms with Gasteiger partial charge < -0.3 is 9.64 Å². The molecule has 4 rings (SSSR count). The standard InChI is InChI=1S/C26H36N4O2/c1-19(24-17-25(28-27-24)21-9-5-4-6-10-21)29(2)22-12-13-26(31)30(15-14-22)18-20-8-7-11-23(16-20)32-3/h4-11,16,19,22,24-25,27-28H,12-15,17-18H2,1-3H3. The van der Waals surface area contributed by atoms with E-state index in [1.54, 1.807) is 7.11 Å². The maximum Gasteiger partial charge on any atom is 0.222 e. The monoisotopic (exact) mass is 436 g/mol. The summed E-state index contributed by atoms with van der Waals surface area (Å²) in [7, 11) is 3.89. The first kappa shape index (κ1) is 22.8. The van der Waals surface area contributed by atoms with Crippen molar-refractivity contribution in [3.8, 4) is 5.75 Å². The molecule has 4 unspecified atom stereocenters. The number of carbonyl (C=O) groups excluding carboxylic acids is 1. The third-order valence-corrected chi connectivity index (χ3v) is 7.22. The van der Waals surface area contributed by atoms with Crippen LogP contribution >= 0.6 is 0 Å². The van der Waals surface area contributed by atoms with Crippen LogP contribution in [0.25, 0.3) is 0 Å². The third-order valence-electron chi connectivity index (χ3n) is 7.22. The van der Waals surface area contributed by atoms with Crippen molar-refractivity contribution in [2.24, 2.45) is 0 Å². The summed E-state index contributed by atoms with van der Waals surface area (Å²) in [5.41, 5.74) is 9.44. The zero-order valence-electron chi connectivity index (χ0n) is 19.5. The molecule has 0 aromatic heterocycles. The Labute approximate surface area is 191 Å². The van der Waals surface area contributed by atoms with Crippen LogP contribution in [0, 0.1) is 0 Å². The Morgan fingerprint density at radius 3 is 2.72 bits per heavy atom. The molecule has 2 aliphatic rings. The maximum absolute atomic E-state index is 12.8. The first-order chi connectivity index (χ1) is 15.5. The zero-order valence-corrected chi connectivity index (χ0v) is 19.5. The van der Waals surface area contributed by atoms with Gasteiger partial charge in [-0.05, 0) is 56.5 Å². The van der Waals surface area contributed by atoms with Gasteiger partial charge in [0.1, 0.15) is 5.75 Å². The van der Waals surface area contributed by atoms with Gasteiger partial charge in [-0.3, -0.25) is 15.1 Å². The SMILES string of the molecule is COc1cccc(CN2CCC(N(C)C(C)C3CC(c4ccccc4)NN3)CCC2=O)c1. The normalized spacial score (nSPS) is 25.1. The highest BCUT2D eigenvalue weighted by molar-refractivity contribution is 5.76.